The first-order chi connectivity index (χ1) is 18.3. The van der Waals surface area contributed by atoms with Gasteiger partial charge in [0, 0.05) is 21.5 Å². The van der Waals surface area contributed by atoms with E-state index >= 15 is 0 Å². The first kappa shape index (κ1) is 25.4. The molecule has 3 fully saturated rings. The fourth-order valence-corrected chi connectivity index (χ4v) is 8.79. The van der Waals surface area contributed by atoms with Crippen molar-refractivity contribution in [1.29, 1.82) is 0 Å². The first-order valence-electron chi connectivity index (χ1n) is 12.9. The third-order valence-corrected chi connectivity index (χ3v) is 10.6. The van der Waals surface area contributed by atoms with E-state index in [0.29, 0.717) is 61.7 Å². The summed E-state index contributed by atoms with van der Waals surface area (Å²) in [5.41, 5.74) is 1.47. The third kappa shape index (κ3) is 4.14. The van der Waals surface area contributed by atoms with Crippen molar-refractivity contribution in [2.75, 3.05) is 0 Å². The summed E-state index contributed by atoms with van der Waals surface area (Å²) >= 11 is 17.8. The number of thiazole rings is 1. The molecule has 2 aromatic heterocycles. The molecule has 198 valence electrons. The maximum Gasteiger partial charge on any atom is 0.151 e. The Morgan fingerprint density at radius 1 is 1.13 bits per heavy atom. The van der Waals surface area contributed by atoms with Crippen LogP contribution in [0.3, 0.4) is 0 Å². The lowest BCUT2D eigenvalue weighted by molar-refractivity contribution is -0.116. The van der Waals surface area contributed by atoms with Crippen molar-refractivity contribution >= 4 is 60.7 Å². The molecular weight excluding hydrogens is 614 g/mol. The van der Waals surface area contributed by atoms with Gasteiger partial charge >= 0.3 is 0 Å². The maximum atomic E-state index is 14.5. The Bertz CT molecular complexity index is 1520. The average Bonchev–Trinajstić information content (AvgIpc) is 3.46. The van der Waals surface area contributed by atoms with E-state index in [-0.39, 0.29) is 23.8 Å². The Morgan fingerprint density at radius 2 is 1.84 bits per heavy atom. The minimum atomic E-state index is -1.06. The predicted octanol–water partition coefficient (Wildman–Crippen LogP) is 8.63. The molecular formula is C28H24BrCl2FN2O3S. The minimum absolute atomic E-state index is 0.00109. The second-order valence-corrected chi connectivity index (χ2v) is 13.5. The van der Waals surface area contributed by atoms with Gasteiger partial charge in [0.2, 0.25) is 0 Å². The van der Waals surface area contributed by atoms with E-state index in [2.05, 4.69) is 26.1 Å². The van der Waals surface area contributed by atoms with Gasteiger partial charge in [0.1, 0.15) is 27.6 Å². The van der Waals surface area contributed by atoms with E-state index in [1.807, 2.05) is 12.1 Å². The Balaban J connectivity index is 1.14. The monoisotopic (exact) mass is 636 g/mol. The van der Waals surface area contributed by atoms with Crippen LogP contribution >= 0.6 is 50.5 Å². The second kappa shape index (κ2) is 9.53. The molecule has 2 aromatic carbocycles. The van der Waals surface area contributed by atoms with Crippen LogP contribution in [0, 0.1) is 17.7 Å². The molecule has 0 aliphatic heterocycles. The summed E-state index contributed by atoms with van der Waals surface area (Å²) < 4.78 is 28.2. The maximum absolute atomic E-state index is 14.5. The summed E-state index contributed by atoms with van der Waals surface area (Å²) in [4.78, 5) is 4.59. The van der Waals surface area contributed by atoms with E-state index in [4.69, 9.17) is 32.5 Å². The summed E-state index contributed by atoms with van der Waals surface area (Å²) in [5.74, 6) is 0.832. The summed E-state index contributed by atoms with van der Waals surface area (Å²) in [6.45, 7) is 0.342. The van der Waals surface area contributed by atoms with Crippen LogP contribution in [0.4, 0.5) is 4.39 Å². The average molecular weight is 638 g/mol. The van der Waals surface area contributed by atoms with E-state index in [9.17, 15) is 9.50 Å². The molecule has 0 unspecified atom stereocenters. The number of rotatable bonds is 6. The highest BCUT2D eigenvalue weighted by atomic mass is 79.9. The fourth-order valence-electron chi connectivity index (χ4n) is 6.36. The number of halogens is 4. The van der Waals surface area contributed by atoms with Gasteiger partial charge in [0.25, 0.3) is 0 Å². The number of nitrogens with zero attached hydrogens (tertiary/aromatic N) is 2. The van der Waals surface area contributed by atoms with Gasteiger partial charge in [-0.1, -0.05) is 50.4 Å². The summed E-state index contributed by atoms with van der Waals surface area (Å²) in [5, 5.41) is 18.0. The van der Waals surface area contributed by atoms with E-state index in [1.165, 1.54) is 17.4 Å². The number of benzene rings is 2. The van der Waals surface area contributed by atoms with E-state index in [1.54, 1.807) is 12.1 Å². The van der Waals surface area contributed by atoms with Gasteiger partial charge < -0.3 is 14.4 Å². The van der Waals surface area contributed by atoms with Crippen molar-refractivity contribution in [3.63, 3.8) is 0 Å². The number of fused-ring (bicyclic) bond motifs is 3. The van der Waals surface area contributed by atoms with Gasteiger partial charge in [-0.3, -0.25) is 0 Å². The lowest BCUT2D eigenvalue weighted by atomic mass is 9.73. The largest absolute Gasteiger partial charge is 0.382 e. The van der Waals surface area contributed by atoms with Crippen LogP contribution < -0.4 is 0 Å². The quantitative estimate of drug-likeness (QED) is 0.229. The molecule has 3 aliphatic carbocycles. The molecule has 7 rings (SSSR count). The number of aromatic nitrogens is 2. The molecule has 0 saturated heterocycles. The molecule has 3 saturated carbocycles. The Kier molecular flexibility index (Phi) is 6.37. The van der Waals surface area contributed by atoms with Crippen LogP contribution in [0.5, 0.6) is 0 Å². The number of ether oxygens (including phenoxy) is 1. The highest BCUT2D eigenvalue weighted by Crippen LogP contribution is 2.57. The van der Waals surface area contributed by atoms with Crippen LogP contribution in [0.2, 0.25) is 10.0 Å². The first-order valence-corrected chi connectivity index (χ1v) is 15.2. The van der Waals surface area contributed by atoms with Crippen LogP contribution in [0.15, 0.2) is 39.3 Å². The van der Waals surface area contributed by atoms with Crippen LogP contribution in [0.25, 0.3) is 21.5 Å². The van der Waals surface area contributed by atoms with Crippen LogP contribution in [0.1, 0.15) is 60.8 Å². The van der Waals surface area contributed by atoms with E-state index < -0.39 is 5.60 Å². The third-order valence-electron chi connectivity index (χ3n) is 8.39. The Morgan fingerprint density at radius 3 is 2.53 bits per heavy atom. The van der Waals surface area contributed by atoms with Crippen molar-refractivity contribution in [2.45, 2.75) is 62.8 Å². The highest BCUT2D eigenvalue weighted by Gasteiger charge is 2.56. The second-order valence-electron chi connectivity index (χ2n) is 10.7. The van der Waals surface area contributed by atoms with Gasteiger partial charge in [-0.05, 0) is 74.6 Å². The van der Waals surface area contributed by atoms with Crippen molar-refractivity contribution in [3.8, 4) is 11.3 Å². The molecule has 10 heteroatoms. The number of hydrogen-bond acceptors (Lipinski definition) is 6. The summed E-state index contributed by atoms with van der Waals surface area (Å²) in [6.07, 6.45) is 5.32. The minimum Gasteiger partial charge on any atom is -0.382 e. The lowest BCUT2D eigenvalue weighted by Crippen LogP contribution is -2.44. The fraction of sp³-hybridized carbons (Fsp3) is 0.429. The Labute approximate surface area is 241 Å². The zero-order valence-electron chi connectivity index (χ0n) is 20.2. The molecule has 0 spiro atoms. The van der Waals surface area contributed by atoms with Crippen molar-refractivity contribution in [3.05, 3.63) is 67.0 Å². The molecule has 0 amide bonds. The van der Waals surface area contributed by atoms with Gasteiger partial charge in [-0.25, -0.2) is 9.37 Å². The molecule has 4 aromatic rings. The Hall–Kier alpha value is -1.55. The normalized spacial score (nSPS) is 26.9. The molecule has 5 nitrogen and oxygen atoms in total. The zero-order chi connectivity index (χ0) is 26.2. The number of hydrogen-bond donors (Lipinski definition) is 1. The van der Waals surface area contributed by atoms with Crippen LogP contribution in [-0.4, -0.2) is 21.4 Å². The van der Waals surface area contributed by atoms with Gasteiger partial charge in [0.05, 0.1) is 27.5 Å². The smallest absolute Gasteiger partial charge is 0.151 e. The van der Waals surface area contributed by atoms with E-state index in [0.717, 1.165) is 41.7 Å². The van der Waals surface area contributed by atoms with Crippen molar-refractivity contribution in [2.24, 2.45) is 11.8 Å². The highest BCUT2D eigenvalue weighted by molar-refractivity contribution is 9.10. The standard InChI is InChI=1S/C28H24BrCl2FN2O3S/c29-16-10-21(32)25-22(11-16)38-27(33-25)28(35)14-6-7-15(28)9-17(8-14)36-12-18-24(34-37-26(18)13-4-5-13)23-19(30)2-1-3-20(23)31/h1-3,10-11,13-15,17,35H,4-9,12H2/t14-,15+,17+,28-. The predicted molar refractivity (Wildman–Crippen MR) is 149 cm³/mol. The molecule has 1 N–H and O–H groups in total. The number of aliphatic hydroxyl groups is 1. The molecule has 4 atom stereocenters. The summed E-state index contributed by atoms with van der Waals surface area (Å²) in [6, 6.07) is 8.68. The molecule has 3 aliphatic rings. The van der Waals surface area contributed by atoms with Gasteiger partial charge in [-0.15, -0.1) is 11.3 Å². The van der Waals surface area contributed by atoms with Crippen molar-refractivity contribution < 1.29 is 18.8 Å². The molecule has 0 radical (unpaired) electrons. The van der Waals surface area contributed by atoms with Gasteiger partial charge in [-0.2, -0.15) is 0 Å². The SMILES string of the molecule is O[C@]1(c2nc3c(F)cc(Br)cc3s2)[C@@H]2CC[C@H]1C[C@@H](OCc1c(-c3c(Cl)cccc3Cl)noc1C1CC1)C2. The van der Waals surface area contributed by atoms with Gasteiger partial charge in [0.15, 0.2) is 5.82 Å². The lowest BCUT2D eigenvalue weighted by Gasteiger charge is -2.41. The topological polar surface area (TPSA) is 68.4 Å². The van der Waals surface area contributed by atoms with Crippen molar-refractivity contribution in [1.82, 2.24) is 10.1 Å². The zero-order valence-corrected chi connectivity index (χ0v) is 24.1. The molecule has 38 heavy (non-hydrogen) atoms. The summed E-state index contributed by atoms with van der Waals surface area (Å²) in [7, 11) is 0. The molecule has 2 heterocycles. The molecule has 2 bridgehead atoms. The van der Waals surface area contributed by atoms with Crippen LogP contribution in [-0.2, 0) is 16.9 Å².